The van der Waals surface area contributed by atoms with Crippen LogP contribution in [0.2, 0.25) is 0 Å². The van der Waals surface area contributed by atoms with Gasteiger partial charge in [-0.2, -0.15) is 0 Å². The van der Waals surface area contributed by atoms with Crippen LogP contribution >= 0.6 is 0 Å². The average molecular weight is 345 g/mol. The lowest BCUT2D eigenvalue weighted by Gasteiger charge is -2.18. The van der Waals surface area contributed by atoms with Crippen LogP contribution in [0.25, 0.3) is 0 Å². The number of rotatable bonds is 6. The smallest absolute Gasteiger partial charge is 0.260 e. The lowest BCUT2D eigenvalue weighted by Crippen LogP contribution is -2.34. The molecular weight excluding hydrogens is 325 g/mol. The molecule has 1 unspecified atom stereocenters. The van der Waals surface area contributed by atoms with Crippen molar-refractivity contribution in [3.05, 3.63) is 59.9 Å². The molecule has 3 rings (SSSR count). The summed E-state index contributed by atoms with van der Waals surface area (Å²) in [6.07, 6.45) is 0.440. The SMILES string of the molecule is O=C(COc1ccc(CO)cc1)N1CCC(Oc2ccccc2F)C1. The van der Waals surface area contributed by atoms with Crippen molar-refractivity contribution in [2.45, 2.75) is 19.1 Å². The van der Waals surface area contributed by atoms with Crippen LogP contribution in [-0.2, 0) is 11.4 Å². The van der Waals surface area contributed by atoms with Gasteiger partial charge in [0, 0.05) is 13.0 Å². The Hall–Kier alpha value is -2.60. The Morgan fingerprint density at radius 3 is 2.68 bits per heavy atom. The zero-order valence-electron chi connectivity index (χ0n) is 13.7. The molecule has 5 nitrogen and oxygen atoms in total. The van der Waals surface area contributed by atoms with Crippen LogP contribution in [-0.4, -0.2) is 41.7 Å². The summed E-state index contributed by atoms with van der Waals surface area (Å²) in [7, 11) is 0. The van der Waals surface area contributed by atoms with E-state index in [0.717, 1.165) is 5.56 Å². The van der Waals surface area contributed by atoms with E-state index in [0.29, 0.717) is 25.3 Å². The molecule has 0 aliphatic carbocycles. The second-order valence-electron chi connectivity index (χ2n) is 5.89. The van der Waals surface area contributed by atoms with E-state index in [1.807, 2.05) is 0 Å². The molecule has 0 radical (unpaired) electrons. The summed E-state index contributed by atoms with van der Waals surface area (Å²) >= 11 is 0. The molecule has 0 aromatic heterocycles. The van der Waals surface area contributed by atoms with E-state index in [2.05, 4.69) is 0 Å². The Labute approximate surface area is 145 Å². The number of ether oxygens (including phenoxy) is 2. The number of likely N-dealkylation sites (tertiary alicyclic amines) is 1. The summed E-state index contributed by atoms with van der Waals surface area (Å²) in [6.45, 7) is 0.881. The average Bonchev–Trinajstić information content (AvgIpc) is 3.11. The molecule has 0 saturated carbocycles. The largest absolute Gasteiger partial charge is 0.485 e. The maximum absolute atomic E-state index is 13.6. The van der Waals surface area contributed by atoms with Gasteiger partial charge in [-0.3, -0.25) is 4.79 Å². The second kappa shape index (κ2) is 7.98. The molecule has 6 heteroatoms. The highest BCUT2D eigenvalue weighted by molar-refractivity contribution is 5.78. The lowest BCUT2D eigenvalue weighted by atomic mass is 10.2. The van der Waals surface area contributed by atoms with E-state index in [9.17, 15) is 9.18 Å². The van der Waals surface area contributed by atoms with Crippen molar-refractivity contribution in [3.63, 3.8) is 0 Å². The Kier molecular flexibility index (Phi) is 5.50. The predicted octanol–water partition coefficient (Wildman–Crippen LogP) is 2.38. The molecule has 1 saturated heterocycles. The molecule has 2 aromatic carbocycles. The number of benzene rings is 2. The number of carbonyl (C=O) groups excluding carboxylic acids is 1. The first kappa shape index (κ1) is 17.2. The molecule has 25 heavy (non-hydrogen) atoms. The van der Waals surface area contributed by atoms with Gasteiger partial charge in [-0.15, -0.1) is 0 Å². The first-order valence-electron chi connectivity index (χ1n) is 8.17. The molecule has 1 heterocycles. The quantitative estimate of drug-likeness (QED) is 0.873. The fourth-order valence-corrected chi connectivity index (χ4v) is 2.70. The number of aliphatic hydroxyl groups excluding tert-OH is 1. The van der Waals surface area contributed by atoms with Gasteiger partial charge in [-0.05, 0) is 29.8 Å². The van der Waals surface area contributed by atoms with E-state index in [-0.39, 0.29) is 31.0 Å². The van der Waals surface area contributed by atoms with Crippen LogP contribution in [0.4, 0.5) is 4.39 Å². The van der Waals surface area contributed by atoms with Gasteiger partial charge in [0.05, 0.1) is 13.2 Å². The zero-order valence-corrected chi connectivity index (χ0v) is 13.7. The zero-order chi connectivity index (χ0) is 17.6. The molecule has 1 aliphatic rings. The topological polar surface area (TPSA) is 59.0 Å². The standard InChI is InChI=1S/C19H20FNO4/c20-17-3-1-2-4-18(17)25-16-9-10-21(11-16)19(23)13-24-15-7-5-14(12-22)6-8-15/h1-8,16,22H,9-13H2. The Morgan fingerprint density at radius 1 is 1.20 bits per heavy atom. The lowest BCUT2D eigenvalue weighted by molar-refractivity contribution is -0.132. The third-order valence-electron chi connectivity index (χ3n) is 4.10. The minimum absolute atomic E-state index is 0.0314. The summed E-state index contributed by atoms with van der Waals surface area (Å²) in [5.41, 5.74) is 0.784. The molecule has 1 fully saturated rings. The monoisotopic (exact) mass is 345 g/mol. The van der Waals surface area contributed by atoms with Crippen LogP contribution in [0.3, 0.4) is 0 Å². The summed E-state index contributed by atoms with van der Waals surface area (Å²) in [4.78, 5) is 13.9. The minimum atomic E-state index is -0.401. The molecule has 132 valence electrons. The minimum Gasteiger partial charge on any atom is -0.485 e. The number of nitrogens with zero attached hydrogens (tertiary/aromatic N) is 1. The van der Waals surface area contributed by atoms with E-state index < -0.39 is 5.82 Å². The highest BCUT2D eigenvalue weighted by Gasteiger charge is 2.28. The molecule has 1 N–H and O–H groups in total. The number of halogens is 1. The fourth-order valence-electron chi connectivity index (χ4n) is 2.70. The molecule has 1 aliphatic heterocycles. The first-order valence-corrected chi connectivity index (χ1v) is 8.17. The summed E-state index contributed by atoms with van der Waals surface area (Å²) in [5, 5.41) is 9.00. The highest BCUT2D eigenvalue weighted by Crippen LogP contribution is 2.21. The second-order valence-corrected chi connectivity index (χ2v) is 5.89. The summed E-state index contributed by atoms with van der Waals surface area (Å²) in [6, 6.07) is 13.2. The van der Waals surface area contributed by atoms with Crippen molar-refractivity contribution in [2.24, 2.45) is 0 Å². The van der Waals surface area contributed by atoms with Gasteiger partial charge in [0.1, 0.15) is 11.9 Å². The number of para-hydroxylation sites is 1. The number of carbonyl (C=O) groups is 1. The van der Waals surface area contributed by atoms with Gasteiger partial charge in [-0.1, -0.05) is 24.3 Å². The number of amides is 1. The Balaban J connectivity index is 1.48. The highest BCUT2D eigenvalue weighted by atomic mass is 19.1. The maximum Gasteiger partial charge on any atom is 0.260 e. The molecule has 1 atom stereocenters. The molecule has 1 amide bonds. The van der Waals surface area contributed by atoms with Crippen LogP contribution in [0, 0.1) is 5.82 Å². The van der Waals surface area contributed by atoms with Crippen molar-refractivity contribution in [2.75, 3.05) is 19.7 Å². The van der Waals surface area contributed by atoms with Crippen molar-refractivity contribution < 1.29 is 23.8 Å². The van der Waals surface area contributed by atoms with Crippen molar-refractivity contribution in [1.29, 1.82) is 0 Å². The van der Waals surface area contributed by atoms with Gasteiger partial charge >= 0.3 is 0 Å². The number of hydrogen-bond donors (Lipinski definition) is 1. The Morgan fingerprint density at radius 2 is 1.96 bits per heavy atom. The number of aliphatic hydroxyl groups is 1. The first-order chi connectivity index (χ1) is 12.2. The van der Waals surface area contributed by atoms with E-state index in [4.69, 9.17) is 14.6 Å². The maximum atomic E-state index is 13.6. The summed E-state index contributed by atoms with van der Waals surface area (Å²) < 4.78 is 24.7. The van der Waals surface area contributed by atoms with Gasteiger partial charge in [0.2, 0.25) is 0 Å². The fraction of sp³-hybridized carbons (Fsp3) is 0.316. The Bertz CT molecular complexity index is 720. The van der Waals surface area contributed by atoms with Crippen molar-refractivity contribution in [3.8, 4) is 11.5 Å². The molecule has 0 spiro atoms. The van der Waals surface area contributed by atoms with Crippen molar-refractivity contribution >= 4 is 5.91 Å². The van der Waals surface area contributed by atoms with E-state index >= 15 is 0 Å². The third kappa shape index (κ3) is 4.48. The van der Waals surface area contributed by atoms with Crippen molar-refractivity contribution in [1.82, 2.24) is 4.90 Å². The van der Waals surface area contributed by atoms with Crippen LogP contribution in [0.1, 0.15) is 12.0 Å². The molecule has 0 bridgehead atoms. The van der Waals surface area contributed by atoms with Gasteiger partial charge in [0.15, 0.2) is 18.2 Å². The molecule has 2 aromatic rings. The predicted molar refractivity (Wildman–Crippen MR) is 89.9 cm³/mol. The third-order valence-corrected chi connectivity index (χ3v) is 4.10. The van der Waals surface area contributed by atoms with E-state index in [1.54, 1.807) is 47.4 Å². The van der Waals surface area contributed by atoms with Crippen LogP contribution < -0.4 is 9.47 Å². The van der Waals surface area contributed by atoms with Gasteiger partial charge in [-0.25, -0.2) is 4.39 Å². The molecular formula is C19H20FNO4. The van der Waals surface area contributed by atoms with Crippen LogP contribution in [0.5, 0.6) is 11.5 Å². The summed E-state index contributed by atoms with van der Waals surface area (Å²) in [5.74, 6) is 0.249. The van der Waals surface area contributed by atoms with Gasteiger partial charge < -0.3 is 19.5 Å². The van der Waals surface area contributed by atoms with E-state index in [1.165, 1.54) is 6.07 Å². The van der Waals surface area contributed by atoms with Crippen LogP contribution in [0.15, 0.2) is 48.5 Å². The number of hydrogen-bond acceptors (Lipinski definition) is 4. The van der Waals surface area contributed by atoms with Gasteiger partial charge in [0.25, 0.3) is 5.91 Å². The normalized spacial score (nSPS) is 16.7.